The Hall–Kier alpha value is -0.0400. The van der Waals surface area contributed by atoms with Gasteiger partial charge in [-0.2, -0.15) is 0 Å². The number of hydrogen-bond acceptors (Lipinski definition) is 1. The minimum Gasteiger partial charge on any atom is -0.393 e. The molecular formula is C9H16O. The highest BCUT2D eigenvalue weighted by molar-refractivity contribution is 5.11. The normalized spacial score (nSPS) is 51.6. The van der Waals surface area contributed by atoms with Crippen molar-refractivity contribution >= 4 is 0 Å². The van der Waals surface area contributed by atoms with Gasteiger partial charge >= 0.3 is 0 Å². The third kappa shape index (κ3) is 0.619. The molecule has 0 aliphatic heterocycles. The number of fused-ring (bicyclic) bond motifs is 1. The molecule has 0 radical (unpaired) electrons. The van der Waals surface area contributed by atoms with Crippen molar-refractivity contribution in [3.05, 3.63) is 0 Å². The molecule has 2 fully saturated rings. The standard InChI is InChI=1S/C9H16O/c1-6(2)9-4-3-8(10)7(9)5-9/h6-8,10H,3-5H2,1-2H3/t7-,8-,9-/m1/s1. The van der Waals surface area contributed by atoms with Gasteiger partial charge in [-0.05, 0) is 36.5 Å². The molecule has 1 N–H and O–H groups in total. The first-order valence-electron chi connectivity index (χ1n) is 4.35. The van der Waals surface area contributed by atoms with Gasteiger partial charge in [-0.1, -0.05) is 13.8 Å². The van der Waals surface area contributed by atoms with Crippen molar-refractivity contribution in [3.8, 4) is 0 Å². The number of rotatable bonds is 1. The first kappa shape index (κ1) is 6.66. The monoisotopic (exact) mass is 140 g/mol. The highest BCUT2D eigenvalue weighted by Gasteiger charge is 2.62. The molecule has 0 amide bonds. The Bertz CT molecular complexity index is 153. The van der Waals surface area contributed by atoms with Gasteiger partial charge in [0.2, 0.25) is 0 Å². The Labute approximate surface area is 62.4 Å². The average molecular weight is 140 g/mol. The van der Waals surface area contributed by atoms with Crippen LogP contribution in [0.4, 0.5) is 0 Å². The van der Waals surface area contributed by atoms with Crippen LogP contribution in [0.5, 0.6) is 0 Å². The fourth-order valence-electron chi connectivity index (χ4n) is 2.73. The van der Waals surface area contributed by atoms with Crippen LogP contribution in [-0.4, -0.2) is 11.2 Å². The van der Waals surface area contributed by atoms with Crippen LogP contribution in [0.1, 0.15) is 33.1 Å². The van der Waals surface area contributed by atoms with Gasteiger partial charge in [-0.3, -0.25) is 0 Å². The molecule has 3 atom stereocenters. The summed E-state index contributed by atoms with van der Waals surface area (Å²) in [6.07, 6.45) is 3.67. The van der Waals surface area contributed by atoms with Crippen molar-refractivity contribution in [2.24, 2.45) is 17.3 Å². The lowest BCUT2D eigenvalue weighted by Crippen LogP contribution is -2.08. The van der Waals surface area contributed by atoms with E-state index < -0.39 is 0 Å². The molecular weight excluding hydrogens is 124 g/mol. The molecule has 0 saturated heterocycles. The SMILES string of the molecule is CC(C)[C@]12CC[C@@H](O)[C@H]1C2. The molecule has 0 bridgehead atoms. The number of hydrogen-bond donors (Lipinski definition) is 1. The van der Waals surface area contributed by atoms with Gasteiger partial charge in [-0.25, -0.2) is 0 Å². The van der Waals surface area contributed by atoms with E-state index in [4.69, 9.17) is 0 Å². The van der Waals surface area contributed by atoms with E-state index in [2.05, 4.69) is 13.8 Å². The molecule has 58 valence electrons. The van der Waals surface area contributed by atoms with Crippen LogP contribution in [0.15, 0.2) is 0 Å². The highest BCUT2D eigenvalue weighted by atomic mass is 16.3. The van der Waals surface area contributed by atoms with Crippen molar-refractivity contribution in [1.29, 1.82) is 0 Å². The lowest BCUT2D eigenvalue weighted by molar-refractivity contribution is 0.157. The summed E-state index contributed by atoms with van der Waals surface area (Å²) < 4.78 is 0. The van der Waals surface area contributed by atoms with Crippen molar-refractivity contribution < 1.29 is 5.11 Å². The van der Waals surface area contributed by atoms with E-state index in [1.165, 1.54) is 12.8 Å². The highest BCUT2D eigenvalue weighted by Crippen LogP contribution is 2.67. The Morgan fingerprint density at radius 3 is 2.40 bits per heavy atom. The van der Waals surface area contributed by atoms with Gasteiger partial charge in [0.1, 0.15) is 0 Å². The van der Waals surface area contributed by atoms with Crippen LogP contribution in [0, 0.1) is 17.3 Å². The first-order valence-corrected chi connectivity index (χ1v) is 4.35. The Kier molecular flexibility index (Phi) is 1.17. The van der Waals surface area contributed by atoms with E-state index in [-0.39, 0.29) is 6.10 Å². The zero-order chi connectivity index (χ0) is 7.35. The molecule has 0 aromatic rings. The summed E-state index contributed by atoms with van der Waals surface area (Å²) in [6.45, 7) is 4.58. The summed E-state index contributed by atoms with van der Waals surface area (Å²) in [6, 6.07) is 0. The van der Waals surface area contributed by atoms with E-state index >= 15 is 0 Å². The van der Waals surface area contributed by atoms with E-state index in [1.54, 1.807) is 0 Å². The third-order valence-electron chi connectivity index (χ3n) is 3.70. The summed E-state index contributed by atoms with van der Waals surface area (Å²) in [5.74, 6) is 1.46. The van der Waals surface area contributed by atoms with Crippen molar-refractivity contribution in [2.45, 2.75) is 39.2 Å². The first-order chi connectivity index (χ1) is 4.67. The molecule has 1 nitrogen and oxygen atoms in total. The predicted octanol–water partition coefficient (Wildman–Crippen LogP) is 1.80. The molecule has 0 heterocycles. The second-order valence-electron chi connectivity index (χ2n) is 4.30. The maximum Gasteiger partial charge on any atom is 0.0574 e. The quantitative estimate of drug-likeness (QED) is 0.589. The van der Waals surface area contributed by atoms with Crippen molar-refractivity contribution in [1.82, 2.24) is 0 Å². The van der Waals surface area contributed by atoms with Gasteiger partial charge < -0.3 is 5.11 Å². The van der Waals surface area contributed by atoms with Gasteiger partial charge in [0, 0.05) is 0 Å². The van der Waals surface area contributed by atoms with Gasteiger partial charge in [0.15, 0.2) is 0 Å². The Morgan fingerprint density at radius 1 is 1.50 bits per heavy atom. The number of aliphatic hydroxyl groups is 1. The second kappa shape index (κ2) is 1.76. The molecule has 0 spiro atoms. The fraction of sp³-hybridized carbons (Fsp3) is 1.00. The zero-order valence-corrected chi connectivity index (χ0v) is 6.80. The Balaban J connectivity index is 2.11. The molecule has 0 aromatic heterocycles. The van der Waals surface area contributed by atoms with Crippen LogP contribution in [0.3, 0.4) is 0 Å². The van der Waals surface area contributed by atoms with E-state index in [0.717, 1.165) is 12.3 Å². The van der Waals surface area contributed by atoms with Crippen LogP contribution < -0.4 is 0 Å². The summed E-state index contributed by atoms with van der Waals surface area (Å²) in [5.41, 5.74) is 0.583. The van der Waals surface area contributed by atoms with Crippen molar-refractivity contribution in [2.75, 3.05) is 0 Å². The molecule has 0 unspecified atom stereocenters. The number of aliphatic hydroxyl groups excluding tert-OH is 1. The third-order valence-corrected chi connectivity index (χ3v) is 3.70. The molecule has 1 heteroatoms. The minimum atomic E-state index is 0.0439. The summed E-state index contributed by atoms with van der Waals surface area (Å²) in [5, 5.41) is 9.45. The van der Waals surface area contributed by atoms with E-state index in [0.29, 0.717) is 11.3 Å². The molecule has 0 aromatic carbocycles. The zero-order valence-electron chi connectivity index (χ0n) is 6.80. The predicted molar refractivity (Wildman–Crippen MR) is 40.6 cm³/mol. The van der Waals surface area contributed by atoms with Gasteiger partial charge in [0.25, 0.3) is 0 Å². The fourth-order valence-corrected chi connectivity index (χ4v) is 2.73. The molecule has 10 heavy (non-hydrogen) atoms. The van der Waals surface area contributed by atoms with Gasteiger partial charge in [-0.15, -0.1) is 0 Å². The minimum absolute atomic E-state index is 0.0439. The van der Waals surface area contributed by atoms with Crippen LogP contribution >= 0.6 is 0 Å². The summed E-state index contributed by atoms with van der Waals surface area (Å²) in [7, 11) is 0. The lowest BCUT2D eigenvalue weighted by atomic mass is 9.90. The maximum atomic E-state index is 9.45. The average Bonchev–Trinajstić information content (AvgIpc) is 2.52. The van der Waals surface area contributed by atoms with E-state index in [1.807, 2.05) is 0 Å². The van der Waals surface area contributed by atoms with Gasteiger partial charge in [0.05, 0.1) is 6.10 Å². The second-order valence-corrected chi connectivity index (χ2v) is 4.30. The lowest BCUT2D eigenvalue weighted by Gasteiger charge is -2.15. The van der Waals surface area contributed by atoms with Crippen LogP contribution in [-0.2, 0) is 0 Å². The molecule has 2 rings (SSSR count). The van der Waals surface area contributed by atoms with Crippen LogP contribution in [0.2, 0.25) is 0 Å². The molecule has 2 saturated carbocycles. The largest absolute Gasteiger partial charge is 0.393 e. The van der Waals surface area contributed by atoms with E-state index in [9.17, 15) is 5.11 Å². The van der Waals surface area contributed by atoms with Crippen LogP contribution in [0.25, 0.3) is 0 Å². The summed E-state index contributed by atoms with van der Waals surface area (Å²) in [4.78, 5) is 0. The topological polar surface area (TPSA) is 20.2 Å². The summed E-state index contributed by atoms with van der Waals surface area (Å²) >= 11 is 0. The molecule has 2 aliphatic rings. The van der Waals surface area contributed by atoms with Crippen molar-refractivity contribution in [3.63, 3.8) is 0 Å². The smallest absolute Gasteiger partial charge is 0.0574 e. The maximum absolute atomic E-state index is 9.45. The molecule has 2 aliphatic carbocycles. The Morgan fingerprint density at radius 2 is 2.20 bits per heavy atom.